The Morgan fingerprint density at radius 3 is 2.47 bits per heavy atom. The molecule has 2 saturated heterocycles. The van der Waals surface area contributed by atoms with Gasteiger partial charge in [-0.15, -0.1) is 0 Å². The number of alkyl halides is 1. The van der Waals surface area contributed by atoms with Gasteiger partial charge in [0.1, 0.15) is 16.8 Å². The second kappa shape index (κ2) is 8.33. The molecule has 7 nitrogen and oxygen atoms in total. The molecular formula is C20H24BrClN2O5S. The summed E-state index contributed by atoms with van der Waals surface area (Å²) in [5.74, 6) is -1.12. The van der Waals surface area contributed by atoms with Crippen molar-refractivity contribution in [3.63, 3.8) is 0 Å². The van der Waals surface area contributed by atoms with Gasteiger partial charge in [-0.05, 0) is 56.2 Å². The van der Waals surface area contributed by atoms with E-state index in [4.69, 9.17) is 16.3 Å². The standard InChI is InChI=1S/C20H24BrClN2O5S/c1-12(25)24(14-7-5-13(22)6-8-14)15-16(26)23-10-20(9-21,11-30(28)17(15)23)18(27)29-19(2,3)4/h5-8,15,17H,9-11H2,1-4H3/t15?,17-,20?,30?/m1/s1. The van der Waals surface area contributed by atoms with Crippen molar-refractivity contribution in [3.8, 4) is 0 Å². The summed E-state index contributed by atoms with van der Waals surface area (Å²) < 4.78 is 18.7. The Bertz CT molecular complexity index is 862. The lowest BCUT2D eigenvalue weighted by molar-refractivity contribution is -0.170. The summed E-state index contributed by atoms with van der Waals surface area (Å²) in [4.78, 5) is 41.1. The molecule has 30 heavy (non-hydrogen) atoms. The van der Waals surface area contributed by atoms with Crippen LogP contribution in [-0.4, -0.2) is 61.9 Å². The zero-order valence-corrected chi connectivity index (χ0v) is 20.3. The molecule has 1 aromatic rings. The van der Waals surface area contributed by atoms with Crippen molar-refractivity contribution >= 4 is 62.2 Å². The summed E-state index contributed by atoms with van der Waals surface area (Å²) in [5.41, 5.74) is -1.30. The van der Waals surface area contributed by atoms with Gasteiger partial charge in [-0.2, -0.15) is 0 Å². The van der Waals surface area contributed by atoms with Gasteiger partial charge in [0, 0.05) is 29.5 Å². The van der Waals surface area contributed by atoms with Crippen LogP contribution in [0, 0.1) is 5.41 Å². The number of hydrogen-bond acceptors (Lipinski definition) is 5. The molecule has 164 valence electrons. The van der Waals surface area contributed by atoms with Gasteiger partial charge in [0.2, 0.25) is 11.3 Å². The summed E-state index contributed by atoms with van der Waals surface area (Å²) in [6, 6.07) is 5.67. The number of rotatable bonds is 4. The number of amides is 2. The van der Waals surface area contributed by atoms with Crippen molar-refractivity contribution < 1.29 is 23.7 Å². The monoisotopic (exact) mass is 518 g/mol. The van der Waals surface area contributed by atoms with Crippen LogP contribution in [0.4, 0.5) is 5.69 Å². The van der Waals surface area contributed by atoms with Crippen molar-refractivity contribution in [3.05, 3.63) is 29.3 Å². The van der Waals surface area contributed by atoms with Gasteiger partial charge in [-0.25, -0.2) is 0 Å². The highest BCUT2D eigenvalue weighted by molar-refractivity contribution is 9.09. The molecule has 0 saturated carbocycles. The average molecular weight is 520 g/mol. The molecule has 0 N–H and O–H groups in total. The van der Waals surface area contributed by atoms with Crippen molar-refractivity contribution in [1.29, 1.82) is 0 Å². The molecule has 1 aromatic carbocycles. The van der Waals surface area contributed by atoms with E-state index >= 15 is 0 Å². The molecule has 2 heterocycles. The molecule has 4 atom stereocenters. The number of esters is 1. The van der Waals surface area contributed by atoms with Gasteiger partial charge in [-0.3, -0.25) is 24.2 Å². The molecule has 3 unspecified atom stereocenters. The van der Waals surface area contributed by atoms with Crippen LogP contribution in [0.2, 0.25) is 5.02 Å². The summed E-state index contributed by atoms with van der Waals surface area (Å²) >= 11 is 7.73. The van der Waals surface area contributed by atoms with Gasteiger partial charge in [0.25, 0.3) is 5.91 Å². The first-order valence-corrected chi connectivity index (χ1v) is 12.3. The van der Waals surface area contributed by atoms with Crippen LogP contribution in [0.3, 0.4) is 0 Å². The SMILES string of the molecule is CC(=O)N(c1ccc(Cl)cc1)C1C(=O)N2CC(CBr)(C(=O)OC(C)(C)C)C[S+]([O-])[C@H]12. The second-order valence-electron chi connectivity index (χ2n) is 8.61. The molecule has 0 aromatic heterocycles. The zero-order chi connectivity index (χ0) is 22.4. The summed E-state index contributed by atoms with van der Waals surface area (Å²) in [7, 11) is 0. The van der Waals surface area contributed by atoms with Crippen molar-refractivity contribution in [1.82, 2.24) is 4.90 Å². The molecule has 0 radical (unpaired) electrons. The van der Waals surface area contributed by atoms with Crippen molar-refractivity contribution in [2.45, 2.75) is 44.7 Å². The number of anilines is 1. The molecule has 2 aliphatic heterocycles. The normalized spacial score (nSPS) is 28.4. The van der Waals surface area contributed by atoms with Gasteiger partial charge in [0.05, 0.1) is 0 Å². The molecular weight excluding hydrogens is 496 g/mol. The summed E-state index contributed by atoms with van der Waals surface area (Å²) in [6.45, 7) is 6.73. The van der Waals surface area contributed by atoms with E-state index in [9.17, 15) is 18.9 Å². The first-order chi connectivity index (χ1) is 13.9. The highest BCUT2D eigenvalue weighted by Crippen LogP contribution is 2.43. The largest absolute Gasteiger partial charge is 0.615 e. The van der Waals surface area contributed by atoms with E-state index in [0.29, 0.717) is 10.7 Å². The molecule has 10 heteroatoms. The molecule has 2 amide bonds. The van der Waals surface area contributed by atoms with Crippen LogP contribution >= 0.6 is 27.5 Å². The number of carbonyl (C=O) groups is 3. The maximum atomic E-state index is 13.2. The Labute approximate surface area is 192 Å². The van der Waals surface area contributed by atoms with Crippen LogP contribution in [0.15, 0.2) is 24.3 Å². The van der Waals surface area contributed by atoms with Crippen molar-refractivity contribution in [2.24, 2.45) is 5.41 Å². The molecule has 3 rings (SSSR count). The number of fused-ring (bicyclic) bond motifs is 1. The lowest BCUT2D eigenvalue weighted by Gasteiger charge is -2.55. The van der Waals surface area contributed by atoms with Crippen LogP contribution in [0.25, 0.3) is 0 Å². The lowest BCUT2D eigenvalue weighted by atomic mass is 9.88. The van der Waals surface area contributed by atoms with Crippen LogP contribution in [0.1, 0.15) is 27.7 Å². The van der Waals surface area contributed by atoms with Gasteiger partial charge < -0.3 is 9.29 Å². The van der Waals surface area contributed by atoms with E-state index in [2.05, 4.69) is 15.9 Å². The van der Waals surface area contributed by atoms with E-state index in [1.807, 2.05) is 0 Å². The van der Waals surface area contributed by atoms with E-state index < -0.39 is 39.6 Å². The predicted octanol–water partition coefficient (Wildman–Crippen LogP) is 2.72. The number of halogens is 2. The minimum atomic E-state index is -1.56. The Morgan fingerprint density at radius 2 is 1.97 bits per heavy atom. The molecule has 0 aliphatic carbocycles. The Balaban J connectivity index is 1.87. The highest BCUT2D eigenvalue weighted by atomic mass is 79.9. The minimum absolute atomic E-state index is 0.0461. The number of nitrogens with zero attached hydrogens (tertiary/aromatic N) is 2. The third kappa shape index (κ3) is 4.22. The fourth-order valence-electron chi connectivity index (χ4n) is 3.71. The Hall–Kier alpha value is -1.29. The van der Waals surface area contributed by atoms with Crippen molar-refractivity contribution in [2.75, 3.05) is 22.5 Å². The Morgan fingerprint density at radius 1 is 1.37 bits per heavy atom. The maximum absolute atomic E-state index is 13.2. The van der Waals surface area contributed by atoms with E-state index in [1.54, 1.807) is 45.0 Å². The third-order valence-corrected chi connectivity index (χ3v) is 8.30. The topological polar surface area (TPSA) is 90.0 Å². The fraction of sp³-hybridized carbons (Fsp3) is 0.550. The van der Waals surface area contributed by atoms with E-state index in [-0.39, 0.29) is 29.4 Å². The molecule has 2 fully saturated rings. The smallest absolute Gasteiger partial charge is 0.320 e. The lowest BCUT2D eigenvalue weighted by Crippen LogP contribution is -2.79. The number of benzene rings is 1. The molecule has 2 aliphatic rings. The zero-order valence-electron chi connectivity index (χ0n) is 17.2. The van der Waals surface area contributed by atoms with Crippen LogP contribution in [-0.2, 0) is 30.3 Å². The maximum Gasteiger partial charge on any atom is 0.320 e. The van der Waals surface area contributed by atoms with Gasteiger partial charge in [0.15, 0.2) is 6.04 Å². The van der Waals surface area contributed by atoms with Crippen LogP contribution < -0.4 is 4.90 Å². The number of carbonyl (C=O) groups excluding carboxylic acids is 3. The average Bonchev–Trinajstić information content (AvgIpc) is 2.64. The van der Waals surface area contributed by atoms with Gasteiger partial charge in [-0.1, -0.05) is 27.5 Å². The van der Waals surface area contributed by atoms with Gasteiger partial charge >= 0.3 is 5.97 Å². The quantitative estimate of drug-likeness (QED) is 0.264. The molecule has 0 spiro atoms. The number of β-lactam (4-membered cyclic amide) rings is 1. The highest BCUT2D eigenvalue weighted by Gasteiger charge is 2.66. The molecule has 0 bridgehead atoms. The fourth-order valence-corrected chi connectivity index (χ4v) is 6.72. The van der Waals surface area contributed by atoms with E-state index in [0.717, 1.165) is 0 Å². The number of hydrogen-bond donors (Lipinski definition) is 0. The van der Waals surface area contributed by atoms with E-state index in [1.165, 1.54) is 16.7 Å². The summed E-state index contributed by atoms with van der Waals surface area (Å²) in [5, 5.41) is 0.0475. The summed E-state index contributed by atoms with van der Waals surface area (Å²) in [6.07, 6.45) is 0. The second-order valence-corrected chi connectivity index (χ2v) is 11.1. The predicted molar refractivity (Wildman–Crippen MR) is 119 cm³/mol. The van der Waals surface area contributed by atoms with Crippen LogP contribution in [0.5, 0.6) is 0 Å². The number of ether oxygens (including phenoxy) is 1. The minimum Gasteiger partial charge on any atom is -0.615 e. The first kappa shape index (κ1) is 23.4. The first-order valence-electron chi connectivity index (χ1n) is 9.43. The Kier molecular flexibility index (Phi) is 6.49. The third-order valence-electron chi connectivity index (χ3n) is 5.08.